The van der Waals surface area contributed by atoms with E-state index in [1.165, 1.54) is 0 Å². The summed E-state index contributed by atoms with van der Waals surface area (Å²) in [6, 6.07) is 13.8. The molecule has 21 heavy (non-hydrogen) atoms. The summed E-state index contributed by atoms with van der Waals surface area (Å²) in [6.07, 6.45) is 0. The van der Waals surface area contributed by atoms with Crippen LogP contribution in [0, 0.1) is 3.83 Å². The molecule has 4 nitrogen and oxygen atoms in total. The second kappa shape index (κ2) is 4.92. The number of halogens is 2. The fraction of sp³-hybridized carbons (Fsp3) is 0. The van der Waals surface area contributed by atoms with E-state index in [9.17, 15) is 0 Å². The molecule has 0 amide bonds. The molecule has 0 saturated heterocycles. The fourth-order valence-corrected chi connectivity index (χ4v) is 3.08. The van der Waals surface area contributed by atoms with Gasteiger partial charge in [-0.2, -0.15) is 9.97 Å². The molecule has 102 valence electrons. The minimum atomic E-state index is 0.196. The Morgan fingerprint density at radius 1 is 0.905 bits per heavy atom. The van der Waals surface area contributed by atoms with Gasteiger partial charge in [-0.15, -0.1) is 0 Å². The highest BCUT2D eigenvalue weighted by Crippen LogP contribution is 2.31. The molecule has 0 fully saturated rings. The van der Waals surface area contributed by atoms with E-state index in [0.29, 0.717) is 9.66 Å². The predicted octanol–water partition coefficient (Wildman–Crippen LogP) is 4.70. The second-order valence-corrected chi connectivity index (χ2v) is 5.81. The SMILES string of the molecule is Clc1nc(I)nc(-c2ccc3oc4ccccc4c3c2)n1. The first-order valence-electron chi connectivity index (χ1n) is 6.19. The van der Waals surface area contributed by atoms with Crippen LogP contribution in [-0.2, 0) is 0 Å². The number of furan rings is 1. The van der Waals surface area contributed by atoms with Crippen molar-refractivity contribution in [3.63, 3.8) is 0 Å². The van der Waals surface area contributed by atoms with E-state index in [4.69, 9.17) is 16.0 Å². The predicted molar refractivity (Wildman–Crippen MR) is 90.3 cm³/mol. The van der Waals surface area contributed by atoms with E-state index in [2.05, 4.69) is 15.0 Å². The van der Waals surface area contributed by atoms with Crippen LogP contribution < -0.4 is 0 Å². The zero-order valence-corrected chi connectivity index (χ0v) is 13.5. The lowest BCUT2D eigenvalue weighted by atomic mass is 10.1. The first-order valence-corrected chi connectivity index (χ1v) is 7.65. The molecule has 0 radical (unpaired) electrons. The maximum absolute atomic E-state index is 5.91. The zero-order valence-electron chi connectivity index (χ0n) is 10.5. The molecule has 0 aliphatic rings. The van der Waals surface area contributed by atoms with Gasteiger partial charge in [-0.05, 0) is 35.9 Å². The van der Waals surface area contributed by atoms with Gasteiger partial charge in [0.05, 0.1) is 0 Å². The van der Waals surface area contributed by atoms with Crippen molar-refractivity contribution in [1.82, 2.24) is 15.0 Å². The van der Waals surface area contributed by atoms with Gasteiger partial charge in [0.15, 0.2) is 9.66 Å². The molecule has 0 N–H and O–H groups in total. The number of hydrogen-bond acceptors (Lipinski definition) is 4. The van der Waals surface area contributed by atoms with Crippen molar-refractivity contribution in [3.8, 4) is 11.4 Å². The monoisotopic (exact) mass is 407 g/mol. The standard InChI is InChI=1S/C15H7ClIN3O/c16-14-18-13(19-15(17)20-14)8-5-6-12-10(7-8)9-3-1-2-4-11(9)21-12/h1-7H. The summed E-state index contributed by atoms with van der Waals surface area (Å²) in [5, 5.41) is 2.31. The molecule has 0 aliphatic carbocycles. The highest BCUT2D eigenvalue weighted by molar-refractivity contribution is 14.1. The van der Waals surface area contributed by atoms with Gasteiger partial charge in [0.2, 0.25) is 5.28 Å². The summed E-state index contributed by atoms with van der Waals surface area (Å²) in [4.78, 5) is 12.5. The zero-order chi connectivity index (χ0) is 14.4. The quantitative estimate of drug-likeness (QED) is 0.429. The lowest BCUT2D eigenvalue weighted by Gasteiger charge is -2.01. The fourth-order valence-electron chi connectivity index (χ4n) is 2.32. The Morgan fingerprint density at radius 2 is 1.71 bits per heavy atom. The van der Waals surface area contributed by atoms with E-state index in [1.807, 2.05) is 65.1 Å². The van der Waals surface area contributed by atoms with Gasteiger partial charge in [0, 0.05) is 38.9 Å². The molecule has 0 atom stereocenters. The molecule has 0 aliphatic heterocycles. The molecule has 0 saturated carbocycles. The van der Waals surface area contributed by atoms with Gasteiger partial charge >= 0.3 is 0 Å². The van der Waals surface area contributed by atoms with Gasteiger partial charge < -0.3 is 4.42 Å². The molecule has 2 heterocycles. The summed E-state index contributed by atoms with van der Waals surface area (Å²) in [6.45, 7) is 0. The van der Waals surface area contributed by atoms with Crippen LogP contribution in [0.1, 0.15) is 0 Å². The summed E-state index contributed by atoms with van der Waals surface area (Å²) in [5.41, 5.74) is 2.60. The average molecular weight is 408 g/mol. The van der Waals surface area contributed by atoms with E-state index >= 15 is 0 Å². The average Bonchev–Trinajstić information content (AvgIpc) is 2.84. The van der Waals surface area contributed by atoms with Crippen LogP contribution in [0.15, 0.2) is 46.9 Å². The van der Waals surface area contributed by atoms with Crippen molar-refractivity contribution in [2.75, 3.05) is 0 Å². The number of hydrogen-bond donors (Lipinski definition) is 0. The first kappa shape index (κ1) is 13.0. The number of rotatable bonds is 1. The third kappa shape index (κ3) is 2.26. The number of para-hydroxylation sites is 1. The summed E-state index contributed by atoms with van der Waals surface area (Å²) >= 11 is 7.93. The molecule has 0 spiro atoms. The summed E-state index contributed by atoms with van der Waals surface area (Å²) < 4.78 is 6.38. The molecule has 6 heteroatoms. The first-order chi connectivity index (χ1) is 10.2. The lowest BCUT2D eigenvalue weighted by Crippen LogP contribution is -1.96. The Hall–Kier alpha value is -1.73. The van der Waals surface area contributed by atoms with Crippen molar-refractivity contribution >= 4 is 56.1 Å². The Labute approximate surface area is 138 Å². The van der Waals surface area contributed by atoms with Crippen LogP contribution in [-0.4, -0.2) is 15.0 Å². The Kier molecular flexibility index (Phi) is 3.04. The number of fused-ring (bicyclic) bond motifs is 3. The van der Waals surface area contributed by atoms with Crippen LogP contribution in [0.3, 0.4) is 0 Å². The van der Waals surface area contributed by atoms with E-state index in [-0.39, 0.29) is 5.28 Å². The van der Waals surface area contributed by atoms with Crippen LogP contribution in [0.5, 0.6) is 0 Å². The van der Waals surface area contributed by atoms with Gasteiger partial charge in [-0.25, -0.2) is 4.98 Å². The smallest absolute Gasteiger partial charge is 0.226 e. The lowest BCUT2D eigenvalue weighted by molar-refractivity contribution is 0.669. The van der Waals surface area contributed by atoms with Gasteiger partial charge in [-0.3, -0.25) is 0 Å². The van der Waals surface area contributed by atoms with Crippen molar-refractivity contribution in [2.24, 2.45) is 0 Å². The van der Waals surface area contributed by atoms with E-state index < -0.39 is 0 Å². The van der Waals surface area contributed by atoms with Crippen molar-refractivity contribution < 1.29 is 4.42 Å². The Bertz CT molecular complexity index is 963. The Morgan fingerprint density at radius 3 is 2.57 bits per heavy atom. The van der Waals surface area contributed by atoms with Gasteiger partial charge in [0.25, 0.3) is 0 Å². The molecular formula is C15H7ClIN3O. The van der Waals surface area contributed by atoms with E-state index in [1.54, 1.807) is 0 Å². The molecule has 2 aromatic heterocycles. The minimum absolute atomic E-state index is 0.196. The van der Waals surface area contributed by atoms with Crippen molar-refractivity contribution in [3.05, 3.63) is 51.6 Å². The van der Waals surface area contributed by atoms with Crippen LogP contribution in [0.2, 0.25) is 5.28 Å². The van der Waals surface area contributed by atoms with Crippen LogP contribution in [0.25, 0.3) is 33.3 Å². The largest absolute Gasteiger partial charge is 0.456 e. The molecule has 0 bridgehead atoms. The third-order valence-electron chi connectivity index (χ3n) is 3.22. The van der Waals surface area contributed by atoms with Gasteiger partial charge in [0.1, 0.15) is 11.2 Å². The topological polar surface area (TPSA) is 51.8 Å². The second-order valence-electron chi connectivity index (χ2n) is 4.51. The number of benzene rings is 2. The van der Waals surface area contributed by atoms with E-state index in [0.717, 1.165) is 27.5 Å². The number of nitrogens with zero attached hydrogens (tertiary/aromatic N) is 3. The maximum atomic E-state index is 5.91. The van der Waals surface area contributed by atoms with Crippen LogP contribution in [0.4, 0.5) is 0 Å². The molecular weight excluding hydrogens is 401 g/mol. The van der Waals surface area contributed by atoms with Crippen molar-refractivity contribution in [1.29, 1.82) is 0 Å². The minimum Gasteiger partial charge on any atom is -0.456 e. The van der Waals surface area contributed by atoms with Crippen LogP contribution >= 0.6 is 34.2 Å². The molecule has 2 aromatic carbocycles. The summed E-state index contributed by atoms with van der Waals surface area (Å²) in [5.74, 6) is 0.562. The molecule has 4 aromatic rings. The summed E-state index contributed by atoms with van der Waals surface area (Å²) in [7, 11) is 0. The molecule has 0 unspecified atom stereocenters. The third-order valence-corrected chi connectivity index (χ3v) is 3.87. The number of aromatic nitrogens is 3. The van der Waals surface area contributed by atoms with Crippen molar-refractivity contribution in [2.45, 2.75) is 0 Å². The molecule has 4 rings (SSSR count). The highest BCUT2D eigenvalue weighted by Gasteiger charge is 2.10. The Balaban J connectivity index is 1.99. The normalized spacial score (nSPS) is 11.3. The van der Waals surface area contributed by atoms with Gasteiger partial charge in [-0.1, -0.05) is 18.2 Å². The highest BCUT2D eigenvalue weighted by atomic mass is 127. The maximum Gasteiger partial charge on any atom is 0.226 e.